The van der Waals surface area contributed by atoms with Gasteiger partial charge in [-0.2, -0.15) is 0 Å². The number of hydrogen-bond donors (Lipinski definition) is 2. The van der Waals surface area contributed by atoms with E-state index in [0.717, 1.165) is 0 Å². The quantitative estimate of drug-likeness (QED) is 0.750. The molecule has 4 heteroatoms. The van der Waals surface area contributed by atoms with Gasteiger partial charge in [0.2, 0.25) is 0 Å². The second-order valence-corrected chi connectivity index (χ2v) is 2.87. The number of aromatic hydroxyl groups is 1. The van der Waals surface area contributed by atoms with Crippen molar-refractivity contribution >= 4 is 5.97 Å². The van der Waals surface area contributed by atoms with E-state index in [-0.39, 0.29) is 18.1 Å². The summed E-state index contributed by atoms with van der Waals surface area (Å²) in [5.41, 5.74) is 0. The minimum atomic E-state index is -0.886. The number of rotatable bonds is 4. The van der Waals surface area contributed by atoms with E-state index in [0.29, 0.717) is 12.2 Å². The maximum absolute atomic E-state index is 10.5. The summed E-state index contributed by atoms with van der Waals surface area (Å²) >= 11 is 0. The third kappa shape index (κ3) is 2.24. The van der Waals surface area contributed by atoms with Gasteiger partial charge in [0.15, 0.2) is 5.75 Å². The molecule has 0 aliphatic rings. The van der Waals surface area contributed by atoms with E-state index in [1.807, 2.05) is 6.92 Å². The third-order valence-electron chi connectivity index (χ3n) is 1.96. The normalized spacial score (nSPS) is 12.7. The molecule has 0 bridgehead atoms. The highest BCUT2D eigenvalue weighted by Crippen LogP contribution is 2.31. The summed E-state index contributed by atoms with van der Waals surface area (Å²) in [4.78, 5) is 10.5. The molecular weight excluding hydrogens is 172 g/mol. The van der Waals surface area contributed by atoms with Crippen LogP contribution in [-0.4, -0.2) is 16.2 Å². The molecule has 0 aromatic carbocycles. The van der Waals surface area contributed by atoms with Crippen molar-refractivity contribution in [1.82, 2.24) is 0 Å². The molecule has 1 aromatic heterocycles. The summed E-state index contributed by atoms with van der Waals surface area (Å²) < 4.78 is 5.00. The van der Waals surface area contributed by atoms with E-state index in [1.165, 1.54) is 12.3 Å². The van der Waals surface area contributed by atoms with E-state index < -0.39 is 5.97 Å². The summed E-state index contributed by atoms with van der Waals surface area (Å²) in [6.45, 7) is 1.86. The van der Waals surface area contributed by atoms with Crippen LogP contribution in [0.4, 0.5) is 0 Å². The number of furan rings is 1. The lowest BCUT2D eigenvalue weighted by Crippen LogP contribution is -2.04. The topological polar surface area (TPSA) is 70.7 Å². The number of hydrogen-bond acceptors (Lipinski definition) is 3. The molecule has 1 aromatic rings. The van der Waals surface area contributed by atoms with Gasteiger partial charge in [0, 0.05) is 12.0 Å². The molecule has 1 unspecified atom stereocenters. The number of carboxylic acids is 1. The fourth-order valence-corrected chi connectivity index (χ4v) is 1.25. The molecular formula is C9H12O4. The van der Waals surface area contributed by atoms with Gasteiger partial charge in [-0.05, 0) is 6.42 Å². The van der Waals surface area contributed by atoms with Crippen LogP contribution in [0.25, 0.3) is 0 Å². The molecule has 0 saturated carbocycles. The molecule has 0 radical (unpaired) electrons. The minimum absolute atomic E-state index is 0.0163. The van der Waals surface area contributed by atoms with Crippen molar-refractivity contribution in [1.29, 1.82) is 0 Å². The van der Waals surface area contributed by atoms with Crippen molar-refractivity contribution in [3.63, 3.8) is 0 Å². The lowest BCUT2D eigenvalue weighted by Gasteiger charge is -2.08. The van der Waals surface area contributed by atoms with Crippen LogP contribution in [0.1, 0.15) is 31.4 Å². The molecule has 1 heterocycles. The van der Waals surface area contributed by atoms with Crippen molar-refractivity contribution in [3.8, 4) is 5.75 Å². The summed E-state index contributed by atoms with van der Waals surface area (Å²) in [6.07, 6.45) is 1.97. The average Bonchev–Trinajstić information content (AvgIpc) is 2.47. The van der Waals surface area contributed by atoms with Crippen molar-refractivity contribution in [3.05, 3.63) is 18.1 Å². The summed E-state index contributed by atoms with van der Waals surface area (Å²) in [7, 11) is 0. The van der Waals surface area contributed by atoms with Crippen LogP contribution in [0, 0.1) is 0 Å². The third-order valence-corrected chi connectivity index (χ3v) is 1.96. The van der Waals surface area contributed by atoms with Crippen LogP contribution in [0.15, 0.2) is 16.7 Å². The second-order valence-electron chi connectivity index (χ2n) is 2.87. The predicted octanol–water partition coefficient (Wildman–Crippen LogP) is 1.95. The van der Waals surface area contributed by atoms with Gasteiger partial charge in [0.25, 0.3) is 0 Å². The first-order valence-electron chi connectivity index (χ1n) is 4.13. The molecule has 2 N–H and O–H groups in total. The van der Waals surface area contributed by atoms with Gasteiger partial charge in [0.05, 0.1) is 12.7 Å². The largest absolute Gasteiger partial charge is 0.504 e. The first kappa shape index (κ1) is 9.64. The molecule has 1 atom stereocenters. The second kappa shape index (κ2) is 3.98. The zero-order chi connectivity index (χ0) is 9.84. The van der Waals surface area contributed by atoms with Gasteiger partial charge in [0.1, 0.15) is 5.76 Å². The molecule has 13 heavy (non-hydrogen) atoms. The van der Waals surface area contributed by atoms with Crippen molar-refractivity contribution in [2.75, 3.05) is 0 Å². The lowest BCUT2D eigenvalue weighted by molar-refractivity contribution is -0.137. The Morgan fingerprint density at radius 1 is 1.69 bits per heavy atom. The molecule has 4 nitrogen and oxygen atoms in total. The minimum Gasteiger partial charge on any atom is -0.504 e. The molecule has 0 aliphatic heterocycles. The van der Waals surface area contributed by atoms with Gasteiger partial charge in [-0.25, -0.2) is 0 Å². The Morgan fingerprint density at radius 2 is 2.38 bits per heavy atom. The van der Waals surface area contributed by atoms with E-state index in [9.17, 15) is 9.90 Å². The molecule has 0 saturated heterocycles. The lowest BCUT2D eigenvalue weighted by atomic mass is 9.99. The Labute approximate surface area is 75.8 Å². The number of carbonyl (C=O) groups is 1. The van der Waals surface area contributed by atoms with Crippen molar-refractivity contribution < 1.29 is 19.4 Å². The molecule has 0 aliphatic carbocycles. The Balaban J connectivity index is 2.78. The molecule has 1 rings (SSSR count). The maximum atomic E-state index is 10.5. The summed E-state index contributed by atoms with van der Waals surface area (Å²) in [5, 5.41) is 17.9. The van der Waals surface area contributed by atoms with Gasteiger partial charge >= 0.3 is 5.97 Å². The monoisotopic (exact) mass is 184 g/mol. The summed E-state index contributed by atoms with van der Waals surface area (Å²) in [5.74, 6) is -0.729. The highest BCUT2D eigenvalue weighted by atomic mass is 16.4. The van der Waals surface area contributed by atoms with Crippen LogP contribution < -0.4 is 0 Å². The van der Waals surface area contributed by atoms with Crippen molar-refractivity contribution in [2.45, 2.75) is 25.7 Å². The van der Waals surface area contributed by atoms with Crippen LogP contribution in [0.3, 0.4) is 0 Å². The SMILES string of the molecule is CCC(CC(=O)O)c1occc1O. The van der Waals surface area contributed by atoms with Gasteiger partial charge in [-0.1, -0.05) is 6.92 Å². The first-order chi connectivity index (χ1) is 6.15. The van der Waals surface area contributed by atoms with Gasteiger partial charge in [-0.3, -0.25) is 4.79 Å². The van der Waals surface area contributed by atoms with Crippen LogP contribution in [0.2, 0.25) is 0 Å². The zero-order valence-corrected chi connectivity index (χ0v) is 7.36. The first-order valence-corrected chi connectivity index (χ1v) is 4.13. The maximum Gasteiger partial charge on any atom is 0.304 e. The van der Waals surface area contributed by atoms with Gasteiger partial charge < -0.3 is 14.6 Å². The van der Waals surface area contributed by atoms with E-state index in [1.54, 1.807) is 0 Å². The predicted molar refractivity (Wildman–Crippen MR) is 45.7 cm³/mol. The van der Waals surface area contributed by atoms with Crippen LogP contribution in [0.5, 0.6) is 5.75 Å². The molecule has 0 amide bonds. The highest BCUT2D eigenvalue weighted by Gasteiger charge is 2.19. The van der Waals surface area contributed by atoms with Crippen LogP contribution >= 0.6 is 0 Å². The standard InChI is InChI=1S/C9H12O4/c1-2-6(5-8(11)12)9-7(10)3-4-13-9/h3-4,6,10H,2,5H2,1H3,(H,11,12). The fourth-order valence-electron chi connectivity index (χ4n) is 1.25. The van der Waals surface area contributed by atoms with E-state index in [2.05, 4.69) is 0 Å². The van der Waals surface area contributed by atoms with Gasteiger partial charge in [-0.15, -0.1) is 0 Å². The van der Waals surface area contributed by atoms with E-state index >= 15 is 0 Å². The Kier molecular flexibility index (Phi) is 2.95. The van der Waals surface area contributed by atoms with Crippen LogP contribution in [-0.2, 0) is 4.79 Å². The Hall–Kier alpha value is -1.45. The van der Waals surface area contributed by atoms with E-state index in [4.69, 9.17) is 9.52 Å². The molecule has 0 fully saturated rings. The zero-order valence-electron chi connectivity index (χ0n) is 7.36. The fraction of sp³-hybridized carbons (Fsp3) is 0.444. The smallest absolute Gasteiger partial charge is 0.304 e. The average molecular weight is 184 g/mol. The number of carboxylic acid groups (broad SMARTS) is 1. The molecule has 0 spiro atoms. The van der Waals surface area contributed by atoms with Crippen molar-refractivity contribution in [2.24, 2.45) is 0 Å². The highest BCUT2D eigenvalue weighted by molar-refractivity contribution is 5.68. The molecule has 72 valence electrons. The Morgan fingerprint density at radius 3 is 2.77 bits per heavy atom. The Bertz CT molecular complexity index is 290. The summed E-state index contributed by atoms with van der Waals surface area (Å²) in [6, 6.07) is 1.42. The number of aliphatic carboxylic acids is 1.